The minimum Gasteiger partial charge on any atom is -0.361 e. The van der Waals surface area contributed by atoms with E-state index in [9.17, 15) is 9.18 Å². The van der Waals surface area contributed by atoms with Gasteiger partial charge in [0.2, 0.25) is 0 Å². The van der Waals surface area contributed by atoms with Crippen LogP contribution in [0.5, 0.6) is 0 Å². The van der Waals surface area contributed by atoms with Crippen LogP contribution in [0.15, 0.2) is 60.9 Å². The highest BCUT2D eigenvalue weighted by Crippen LogP contribution is 2.19. The molecule has 0 atom stereocenters. The summed E-state index contributed by atoms with van der Waals surface area (Å²) < 4.78 is 15.4. The predicted octanol–water partition coefficient (Wildman–Crippen LogP) is 3.77. The number of carbonyl (C=O) groups is 1. The molecule has 2 aromatic carbocycles. The van der Waals surface area contributed by atoms with E-state index in [1.54, 1.807) is 25.1 Å². The molecular formula is C21H19FN4O. The first-order chi connectivity index (χ1) is 13.1. The number of nitrogens with zero attached hydrogens (tertiary/aromatic N) is 2. The molecule has 5 nitrogen and oxygen atoms in total. The number of aromatic nitrogens is 3. The number of hydrogen-bond donors (Lipinski definition) is 2. The molecule has 0 fully saturated rings. The predicted molar refractivity (Wildman–Crippen MR) is 103 cm³/mol. The van der Waals surface area contributed by atoms with Crippen LogP contribution in [0.4, 0.5) is 4.39 Å². The van der Waals surface area contributed by atoms with Crippen molar-refractivity contribution in [2.75, 3.05) is 6.54 Å². The zero-order valence-corrected chi connectivity index (χ0v) is 14.9. The molecule has 2 heterocycles. The number of para-hydroxylation sites is 2. The zero-order valence-electron chi connectivity index (χ0n) is 14.9. The first kappa shape index (κ1) is 17.0. The maximum absolute atomic E-state index is 14.0. The summed E-state index contributed by atoms with van der Waals surface area (Å²) in [5.74, 6) is -0.593. The number of rotatable bonds is 5. The third-order valence-corrected chi connectivity index (χ3v) is 4.69. The smallest absolute Gasteiger partial charge is 0.254 e. The molecule has 0 aliphatic heterocycles. The second-order valence-corrected chi connectivity index (χ2v) is 6.37. The number of nitrogens with one attached hydrogen (secondary N) is 2. The highest BCUT2D eigenvalue weighted by Gasteiger charge is 2.16. The lowest BCUT2D eigenvalue weighted by Crippen LogP contribution is -2.26. The van der Waals surface area contributed by atoms with Gasteiger partial charge in [0.05, 0.1) is 17.5 Å². The fourth-order valence-electron chi connectivity index (χ4n) is 3.24. The number of fused-ring (bicyclic) bond motifs is 1. The maximum atomic E-state index is 14.0. The normalized spacial score (nSPS) is 11.0. The molecule has 6 heteroatoms. The fourth-order valence-corrected chi connectivity index (χ4v) is 3.24. The van der Waals surface area contributed by atoms with Crippen molar-refractivity contribution in [1.82, 2.24) is 20.1 Å². The SMILES string of the molecule is Cc1c(C(=O)NCCc2c[nH]c3ccccc23)cnn1-c1ccccc1F. The lowest BCUT2D eigenvalue weighted by Gasteiger charge is -2.07. The van der Waals surface area contributed by atoms with Gasteiger partial charge in [-0.25, -0.2) is 9.07 Å². The lowest BCUT2D eigenvalue weighted by atomic mass is 10.1. The Morgan fingerprint density at radius 3 is 2.81 bits per heavy atom. The Labute approximate surface area is 155 Å². The van der Waals surface area contributed by atoms with Crippen LogP contribution >= 0.6 is 0 Å². The topological polar surface area (TPSA) is 62.7 Å². The van der Waals surface area contributed by atoms with E-state index in [4.69, 9.17) is 0 Å². The van der Waals surface area contributed by atoms with Crippen LogP contribution in [0.1, 0.15) is 21.6 Å². The van der Waals surface area contributed by atoms with Crippen LogP contribution in [0.2, 0.25) is 0 Å². The van der Waals surface area contributed by atoms with E-state index in [1.165, 1.54) is 16.9 Å². The Morgan fingerprint density at radius 1 is 1.19 bits per heavy atom. The molecule has 27 heavy (non-hydrogen) atoms. The maximum Gasteiger partial charge on any atom is 0.254 e. The van der Waals surface area contributed by atoms with Gasteiger partial charge in [-0.15, -0.1) is 0 Å². The van der Waals surface area contributed by atoms with Gasteiger partial charge in [-0.1, -0.05) is 30.3 Å². The Hall–Kier alpha value is -3.41. The molecule has 4 aromatic rings. The summed E-state index contributed by atoms with van der Waals surface area (Å²) in [5.41, 5.74) is 3.61. The van der Waals surface area contributed by atoms with Crippen LogP contribution < -0.4 is 5.32 Å². The Morgan fingerprint density at radius 2 is 1.96 bits per heavy atom. The summed E-state index contributed by atoms with van der Waals surface area (Å²) in [7, 11) is 0. The van der Waals surface area contributed by atoms with Gasteiger partial charge in [0.15, 0.2) is 0 Å². The van der Waals surface area contributed by atoms with E-state index >= 15 is 0 Å². The van der Waals surface area contributed by atoms with Crippen LogP contribution in [0.3, 0.4) is 0 Å². The molecule has 0 radical (unpaired) electrons. The van der Waals surface area contributed by atoms with Crippen molar-refractivity contribution in [1.29, 1.82) is 0 Å². The molecule has 1 amide bonds. The van der Waals surface area contributed by atoms with Gasteiger partial charge >= 0.3 is 0 Å². The number of halogens is 1. The third kappa shape index (κ3) is 3.21. The Kier molecular flexibility index (Phi) is 4.46. The monoisotopic (exact) mass is 362 g/mol. The van der Waals surface area contributed by atoms with Crippen LogP contribution in [0, 0.1) is 12.7 Å². The average molecular weight is 362 g/mol. The minimum absolute atomic E-state index is 0.213. The second kappa shape index (κ2) is 7.07. The molecule has 0 aliphatic carbocycles. The number of aromatic amines is 1. The van der Waals surface area contributed by atoms with E-state index in [0.717, 1.165) is 22.9 Å². The standard InChI is InChI=1S/C21H19FN4O/c1-14-17(13-25-26(14)20-9-5-3-7-18(20)22)21(27)23-11-10-15-12-24-19-8-4-2-6-16(15)19/h2-9,12-13,24H,10-11H2,1H3,(H,23,27). The zero-order chi connectivity index (χ0) is 18.8. The van der Waals surface area contributed by atoms with E-state index in [0.29, 0.717) is 23.5 Å². The molecule has 2 aromatic heterocycles. The van der Waals surface area contributed by atoms with Crippen LogP contribution in [0.25, 0.3) is 16.6 Å². The summed E-state index contributed by atoms with van der Waals surface area (Å²) >= 11 is 0. The van der Waals surface area contributed by atoms with Gasteiger partial charge in [-0.2, -0.15) is 5.10 Å². The van der Waals surface area contributed by atoms with Crippen molar-refractivity contribution in [3.8, 4) is 5.69 Å². The largest absolute Gasteiger partial charge is 0.361 e. The summed E-state index contributed by atoms with van der Waals surface area (Å²) in [5, 5.41) is 8.26. The van der Waals surface area contributed by atoms with Crippen molar-refractivity contribution in [2.24, 2.45) is 0 Å². The molecule has 136 valence electrons. The van der Waals surface area contributed by atoms with Gasteiger partial charge in [0, 0.05) is 23.6 Å². The van der Waals surface area contributed by atoms with Crippen LogP contribution in [-0.4, -0.2) is 27.2 Å². The highest BCUT2D eigenvalue weighted by atomic mass is 19.1. The number of hydrogen-bond acceptors (Lipinski definition) is 2. The number of carbonyl (C=O) groups excluding carboxylic acids is 1. The molecule has 0 spiro atoms. The quantitative estimate of drug-likeness (QED) is 0.568. The van der Waals surface area contributed by atoms with Crippen molar-refractivity contribution in [3.05, 3.63) is 83.6 Å². The first-order valence-corrected chi connectivity index (χ1v) is 8.78. The molecule has 0 bridgehead atoms. The fraction of sp³-hybridized carbons (Fsp3) is 0.143. The molecule has 4 rings (SSSR count). The van der Waals surface area contributed by atoms with Gasteiger partial charge in [-0.3, -0.25) is 4.79 Å². The molecule has 0 aliphatic rings. The average Bonchev–Trinajstić information content (AvgIpc) is 3.26. The highest BCUT2D eigenvalue weighted by molar-refractivity contribution is 5.95. The molecule has 0 saturated carbocycles. The number of benzene rings is 2. The summed E-state index contributed by atoms with van der Waals surface area (Å²) in [6.07, 6.45) is 4.16. The van der Waals surface area contributed by atoms with E-state index in [-0.39, 0.29) is 11.7 Å². The van der Waals surface area contributed by atoms with Gasteiger partial charge in [0.1, 0.15) is 11.5 Å². The van der Waals surface area contributed by atoms with Crippen molar-refractivity contribution in [3.63, 3.8) is 0 Å². The Bertz CT molecular complexity index is 1110. The summed E-state index contributed by atoms with van der Waals surface area (Å²) in [6, 6.07) is 14.4. The number of amides is 1. The van der Waals surface area contributed by atoms with Gasteiger partial charge in [-0.05, 0) is 37.1 Å². The van der Waals surface area contributed by atoms with Gasteiger partial charge < -0.3 is 10.3 Å². The summed E-state index contributed by atoms with van der Waals surface area (Å²) in [4.78, 5) is 15.8. The molecule has 0 saturated heterocycles. The lowest BCUT2D eigenvalue weighted by molar-refractivity contribution is 0.0953. The molecule has 2 N–H and O–H groups in total. The summed E-state index contributed by atoms with van der Waals surface area (Å²) in [6.45, 7) is 2.26. The minimum atomic E-state index is -0.380. The van der Waals surface area contributed by atoms with E-state index in [2.05, 4.69) is 21.5 Å². The van der Waals surface area contributed by atoms with Crippen molar-refractivity contribution >= 4 is 16.8 Å². The van der Waals surface area contributed by atoms with Crippen molar-refractivity contribution < 1.29 is 9.18 Å². The van der Waals surface area contributed by atoms with Gasteiger partial charge in [0.25, 0.3) is 5.91 Å². The van der Waals surface area contributed by atoms with Crippen LogP contribution in [-0.2, 0) is 6.42 Å². The number of H-pyrrole nitrogens is 1. The first-order valence-electron chi connectivity index (χ1n) is 8.78. The Balaban J connectivity index is 1.45. The molecule has 0 unspecified atom stereocenters. The van der Waals surface area contributed by atoms with Crippen molar-refractivity contribution in [2.45, 2.75) is 13.3 Å². The second-order valence-electron chi connectivity index (χ2n) is 6.37. The van der Waals surface area contributed by atoms with E-state index < -0.39 is 0 Å². The van der Waals surface area contributed by atoms with E-state index in [1.807, 2.05) is 24.4 Å². The third-order valence-electron chi connectivity index (χ3n) is 4.69. The molecular weight excluding hydrogens is 343 g/mol.